The van der Waals surface area contributed by atoms with Crippen LogP contribution in [0.25, 0.3) is 0 Å². The van der Waals surface area contributed by atoms with Gasteiger partial charge in [0.15, 0.2) is 17.5 Å². The normalized spacial score (nSPS) is 18.0. The Morgan fingerprint density at radius 2 is 2.14 bits per heavy atom. The smallest absolute Gasteiger partial charge is 0.352 e. The summed E-state index contributed by atoms with van der Waals surface area (Å²) < 4.78 is 1.44. The number of halogens is 1. The first-order valence-electron chi connectivity index (χ1n) is 12.3. The number of carboxylic acid groups (broad SMARTS) is 1. The number of anilines is 2. The highest BCUT2D eigenvalue weighted by Crippen LogP contribution is 2.41. The van der Waals surface area contributed by atoms with E-state index in [2.05, 4.69) is 36.3 Å². The summed E-state index contributed by atoms with van der Waals surface area (Å²) in [5.74, 6) is -3.19. The third-order valence-electron chi connectivity index (χ3n) is 6.06. The lowest BCUT2D eigenvalue weighted by atomic mass is 10.0. The molecule has 0 spiro atoms. The lowest BCUT2D eigenvalue weighted by Gasteiger charge is -2.49. The summed E-state index contributed by atoms with van der Waals surface area (Å²) in [6, 6.07) is 2.99. The minimum absolute atomic E-state index is 0.0292. The number of fused-ring (bicyclic) bond motifs is 1. The maximum absolute atomic E-state index is 13.3. The second-order valence-corrected chi connectivity index (χ2v) is 12.4. The molecule has 2 aromatic heterocycles. The first kappa shape index (κ1) is 31.0. The van der Waals surface area contributed by atoms with E-state index in [1.807, 2.05) is 0 Å². The van der Waals surface area contributed by atoms with E-state index < -0.39 is 41.7 Å². The number of aromatic hydroxyl groups is 1. The van der Waals surface area contributed by atoms with Gasteiger partial charge in [0.05, 0.1) is 5.69 Å². The van der Waals surface area contributed by atoms with Crippen molar-refractivity contribution >= 4 is 86.7 Å². The number of nitrogens with zero attached hydrogens (tertiary/aromatic N) is 7. The number of nitrogen functional groups attached to an aromatic ring is 1. The molecule has 6 N–H and O–H groups in total. The van der Waals surface area contributed by atoms with E-state index in [1.54, 1.807) is 7.05 Å². The number of phenols is 1. The number of thioether (sulfide) groups is 2. The van der Waals surface area contributed by atoms with E-state index in [1.165, 1.54) is 51.8 Å². The number of oxime groups is 1. The van der Waals surface area contributed by atoms with Gasteiger partial charge >= 0.3 is 5.97 Å². The molecule has 3 aromatic rings. The Labute approximate surface area is 264 Å². The molecule has 2 aliphatic rings. The molecule has 1 fully saturated rings. The SMILES string of the molecule is Cn1nnnc1SCC1=C(C(=O)O)N2C(=O)C(NC(=O)C(=NOCC(=O)Nc3cc(Cl)ccc3O)c3csc(N)n3)[C@@H]2SC1. The number of hydrogen-bond donors (Lipinski definition) is 5. The molecule has 5 rings (SSSR count). The molecule has 0 aliphatic carbocycles. The van der Waals surface area contributed by atoms with E-state index in [0.29, 0.717) is 10.7 Å². The second kappa shape index (κ2) is 13.1. The molecule has 17 nitrogen and oxygen atoms in total. The first-order chi connectivity index (χ1) is 21.0. The predicted octanol–water partition coefficient (Wildman–Crippen LogP) is 0.498. The van der Waals surface area contributed by atoms with Gasteiger partial charge in [0, 0.05) is 29.0 Å². The van der Waals surface area contributed by atoms with Gasteiger partial charge in [-0.3, -0.25) is 19.3 Å². The zero-order valence-electron chi connectivity index (χ0n) is 22.3. The molecule has 230 valence electrons. The van der Waals surface area contributed by atoms with Crippen molar-refractivity contribution in [3.05, 3.63) is 45.6 Å². The number of amides is 3. The second-order valence-electron chi connectivity index (χ2n) is 8.99. The Morgan fingerprint density at radius 3 is 2.82 bits per heavy atom. The summed E-state index contributed by atoms with van der Waals surface area (Å²) in [4.78, 5) is 61.2. The Bertz CT molecular complexity index is 1710. The van der Waals surface area contributed by atoms with Crippen LogP contribution in [0.4, 0.5) is 10.8 Å². The fourth-order valence-electron chi connectivity index (χ4n) is 4.05. The van der Waals surface area contributed by atoms with Gasteiger partial charge in [0.25, 0.3) is 17.7 Å². The Balaban J connectivity index is 1.26. The van der Waals surface area contributed by atoms with Crippen LogP contribution >= 0.6 is 46.5 Å². The van der Waals surface area contributed by atoms with E-state index in [4.69, 9.17) is 22.2 Å². The lowest BCUT2D eigenvalue weighted by molar-refractivity contribution is -0.150. The number of nitrogens with two attached hydrogens (primary N) is 1. The van der Waals surface area contributed by atoms with Crippen LogP contribution in [0.5, 0.6) is 5.75 Å². The maximum atomic E-state index is 13.3. The monoisotopic (exact) mass is 680 g/mol. The number of thiazole rings is 1. The van der Waals surface area contributed by atoms with Crippen LogP contribution in [0.1, 0.15) is 5.69 Å². The highest BCUT2D eigenvalue weighted by atomic mass is 35.5. The van der Waals surface area contributed by atoms with Crippen LogP contribution in [0.2, 0.25) is 5.02 Å². The lowest BCUT2D eigenvalue weighted by Crippen LogP contribution is -2.71. The van der Waals surface area contributed by atoms with Crippen LogP contribution in [-0.4, -0.2) is 99.2 Å². The molecule has 21 heteroatoms. The number of phenolic OH excluding ortho intramolecular Hbond substituents is 1. The van der Waals surface area contributed by atoms with Gasteiger partial charge in [0.2, 0.25) is 5.16 Å². The van der Waals surface area contributed by atoms with E-state index in [-0.39, 0.29) is 50.2 Å². The average Bonchev–Trinajstić information content (AvgIpc) is 3.61. The number of hydrogen-bond acceptors (Lipinski definition) is 15. The minimum atomic E-state index is -1.28. The summed E-state index contributed by atoms with van der Waals surface area (Å²) in [6.07, 6.45) is 0. The van der Waals surface area contributed by atoms with Gasteiger partial charge in [-0.05, 0) is 34.2 Å². The largest absolute Gasteiger partial charge is 0.506 e. The summed E-state index contributed by atoms with van der Waals surface area (Å²) in [5.41, 5.74) is 5.76. The predicted molar refractivity (Wildman–Crippen MR) is 160 cm³/mol. The molecular weight excluding hydrogens is 660 g/mol. The van der Waals surface area contributed by atoms with Gasteiger partial charge in [-0.1, -0.05) is 28.5 Å². The van der Waals surface area contributed by atoms with E-state index >= 15 is 0 Å². The standard InChI is InChI=1S/C23H21ClN10O7S3/c1-33-23(29-31-32-33)44-7-9-6-42-20-16(19(38)34(20)17(9)21(39)40)28-18(37)15(12-8-43-22(25)27-12)30-41-5-14(36)26-11-4-10(24)2-3-13(11)35/h2-4,8,16,20,35H,5-7H2,1H3,(H2,25,27)(H,26,36)(H,28,37)(H,39,40)/t16?,20-/m0/s1. The van der Waals surface area contributed by atoms with Crippen molar-refractivity contribution in [2.45, 2.75) is 16.6 Å². The van der Waals surface area contributed by atoms with Gasteiger partial charge in [-0.2, -0.15) is 0 Å². The van der Waals surface area contributed by atoms with Crippen molar-refractivity contribution in [3.8, 4) is 5.75 Å². The molecule has 2 aliphatic heterocycles. The molecular formula is C23H21ClN10O7S3. The van der Waals surface area contributed by atoms with Gasteiger partial charge < -0.3 is 31.4 Å². The number of β-lactam (4-membered cyclic amide) rings is 1. The van der Waals surface area contributed by atoms with Crippen molar-refractivity contribution < 1.29 is 34.2 Å². The molecule has 0 saturated carbocycles. The number of benzene rings is 1. The fraction of sp³-hybridized carbons (Fsp3) is 0.261. The maximum Gasteiger partial charge on any atom is 0.352 e. The van der Waals surface area contributed by atoms with Crippen molar-refractivity contribution in [2.24, 2.45) is 12.2 Å². The zero-order valence-corrected chi connectivity index (χ0v) is 25.5. The molecule has 4 heterocycles. The molecule has 44 heavy (non-hydrogen) atoms. The highest BCUT2D eigenvalue weighted by molar-refractivity contribution is 8.01. The highest BCUT2D eigenvalue weighted by Gasteiger charge is 2.54. The van der Waals surface area contributed by atoms with Crippen LogP contribution in [0.15, 0.2) is 45.2 Å². The van der Waals surface area contributed by atoms with Crippen LogP contribution in [-0.2, 0) is 31.1 Å². The number of aromatic nitrogens is 5. The molecule has 0 bridgehead atoms. The number of rotatable bonds is 11. The molecule has 1 aromatic carbocycles. The molecule has 2 atom stereocenters. The summed E-state index contributed by atoms with van der Waals surface area (Å²) in [7, 11) is 1.65. The average molecular weight is 681 g/mol. The van der Waals surface area contributed by atoms with E-state index in [9.17, 15) is 29.4 Å². The number of aryl methyl sites for hydroxylation is 1. The van der Waals surface area contributed by atoms with E-state index in [0.717, 1.165) is 16.2 Å². The Kier molecular flexibility index (Phi) is 9.22. The number of carboxylic acids is 1. The molecule has 0 radical (unpaired) electrons. The number of nitrogens with one attached hydrogen (secondary N) is 2. The number of carbonyl (C=O) groups is 4. The zero-order chi connectivity index (χ0) is 31.5. The Morgan fingerprint density at radius 1 is 1.34 bits per heavy atom. The molecule has 1 saturated heterocycles. The van der Waals surface area contributed by atoms with Crippen LogP contribution in [0.3, 0.4) is 0 Å². The number of carbonyl (C=O) groups excluding carboxylic acids is 3. The van der Waals surface area contributed by atoms with Gasteiger partial charge in [0.1, 0.15) is 28.6 Å². The summed E-state index contributed by atoms with van der Waals surface area (Å²) >= 11 is 9.42. The van der Waals surface area contributed by atoms with Gasteiger partial charge in [-0.15, -0.1) is 28.2 Å². The minimum Gasteiger partial charge on any atom is -0.506 e. The molecule has 3 amide bonds. The molecule has 1 unspecified atom stereocenters. The topological polar surface area (TPSA) is 240 Å². The van der Waals surface area contributed by atoms with Crippen LogP contribution in [0, 0.1) is 0 Å². The van der Waals surface area contributed by atoms with Crippen molar-refractivity contribution in [3.63, 3.8) is 0 Å². The first-order valence-corrected chi connectivity index (χ1v) is 15.6. The third-order valence-corrected chi connectivity index (χ3v) is 9.40. The quantitative estimate of drug-likeness (QED) is 0.0609. The van der Waals surface area contributed by atoms with Crippen molar-refractivity contribution in [1.82, 2.24) is 35.4 Å². The van der Waals surface area contributed by atoms with Crippen LogP contribution < -0.4 is 16.4 Å². The van der Waals surface area contributed by atoms with Crippen molar-refractivity contribution in [1.29, 1.82) is 0 Å². The third kappa shape index (κ3) is 6.56. The number of aliphatic carboxylic acids is 1. The summed E-state index contributed by atoms with van der Waals surface area (Å²) in [5, 5.41) is 41.3. The Hall–Kier alpha value is -4.40. The summed E-state index contributed by atoms with van der Waals surface area (Å²) in [6.45, 7) is -0.658. The van der Waals surface area contributed by atoms with Crippen molar-refractivity contribution in [2.75, 3.05) is 29.2 Å². The van der Waals surface area contributed by atoms with Gasteiger partial charge in [-0.25, -0.2) is 14.5 Å². The fourth-order valence-corrected chi connectivity index (χ4v) is 7.10. The number of tetrazole rings is 1.